The second kappa shape index (κ2) is 4.66. The third-order valence-electron chi connectivity index (χ3n) is 2.17. The lowest BCUT2D eigenvalue weighted by molar-refractivity contribution is -0.0149. The number of rotatable bonds is 3. The fourth-order valence-electron chi connectivity index (χ4n) is 1.32. The average Bonchev–Trinajstić information content (AvgIpc) is 2.13. The first-order valence-corrected chi connectivity index (χ1v) is 5.33. The number of benzene rings is 1. The molecule has 0 atom stereocenters. The minimum absolute atomic E-state index is 0.0132. The zero-order valence-corrected chi connectivity index (χ0v) is 10.3. The Balaban J connectivity index is 2.78. The van der Waals surface area contributed by atoms with E-state index in [-0.39, 0.29) is 11.4 Å². The van der Waals surface area contributed by atoms with E-state index >= 15 is 0 Å². The molecule has 0 heterocycles. The smallest absolute Gasteiger partial charge is 0.161 e. The van der Waals surface area contributed by atoms with Gasteiger partial charge in [0.2, 0.25) is 0 Å². The Morgan fingerprint density at radius 1 is 1.38 bits per heavy atom. The van der Waals surface area contributed by atoms with Gasteiger partial charge in [-0.05, 0) is 45.4 Å². The van der Waals surface area contributed by atoms with Crippen LogP contribution in [0.2, 0.25) is 0 Å². The molecule has 0 bridgehead atoms. The molecule has 0 aliphatic rings. The summed E-state index contributed by atoms with van der Waals surface area (Å²) in [4.78, 5) is 11.2. The Labute approximate surface area is 96.6 Å². The fourth-order valence-corrected chi connectivity index (χ4v) is 1.32. The Morgan fingerprint density at radius 2 is 2.00 bits per heavy atom. The van der Waals surface area contributed by atoms with Gasteiger partial charge in [0, 0.05) is 11.3 Å². The highest BCUT2D eigenvalue weighted by Crippen LogP contribution is 2.17. The molecule has 0 radical (unpaired) electrons. The van der Waals surface area contributed by atoms with Crippen LogP contribution in [0, 0.1) is 0 Å². The maximum atomic E-state index is 11.2. The van der Waals surface area contributed by atoms with Crippen molar-refractivity contribution in [3.05, 3.63) is 29.3 Å². The second-order valence-corrected chi connectivity index (χ2v) is 4.88. The van der Waals surface area contributed by atoms with Crippen molar-refractivity contribution in [1.29, 1.82) is 0 Å². The van der Waals surface area contributed by atoms with E-state index in [1.54, 1.807) is 12.1 Å². The van der Waals surface area contributed by atoms with Crippen LogP contribution in [-0.4, -0.2) is 11.4 Å². The van der Waals surface area contributed by atoms with E-state index in [9.17, 15) is 4.79 Å². The average molecular weight is 221 g/mol. The highest BCUT2D eigenvalue weighted by molar-refractivity contribution is 5.99. The number of Topliss-reactive ketones (excluding diaryl/α,β-unsaturated/α-hetero) is 1. The van der Waals surface area contributed by atoms with Gasteiger partial charge in [-0.25, -0.2) is 0 Å². The van der Waals surface area contributed by atoms with E-state index in [1.165, 1.54) is 6.92 Å². The van der Waals surface area contributed by atoms with Gasteiger partial charge in [0.1, 0.15) is 0 Å². The van der Waals surface area contributed by atoms with Gasteiger partial charge in [0.15, 0.2) is 5.78 Å². The lowest BCUT2D eigenvalue weighted by Gasteiger charge is -2.19. The Kier molecular flexibility index (Phi) is 3.70. The first-order chi connectivity index (χ1) is 7.29. The molecule has 16 heavy (non-hydrogen) atoms. The fraction of sp³-hybridized carbons (Fsp3) is 0.462. The minimum atomic E-state index is -0.173. The van der Waals surface area contributed by atoms with Gasteiger partial charge in [0.05, 0.1) is 12.2 Å². The van der Waals surface area contributed by atoms with E-state index in [1.807, 2.05) is 26.8 Å². The Morgan fingerprint density at radius 3 is 2.44 bits per heavy atom. The summed E-state index contributed by atoms with van der Waals surface area (Å²) in [7, 11) is 0. The quantitative estimate of drug-likeness (QED) is 0.630. The van der Waals surface area contributed by atoms with Crippen LogP contribution in [0.15, 0.2) is 18.2 Å². The standard InChI is InChI=1S/C13H19NO2/c1-9(15)11-6-5-10(7-12(11)14)8-16-13(2,3)4/h5-7H,8,14H2,1-4H3. The lowest BCUT2D eigenvalue weighted by atomic mass is 10.1. The second-order valence-electron chi connectivity index (χ2n) is 4.88. The van der Waals surface area contributed by atoms with Crippen molar-refractivity contribution >= 4 is 11.5 Å². The summed E-state index contributed by atoms with van der Waals surface area (Å²) in [6.45, 7) is 8.02. The summed E-state index contributed by atoms with van der Waals surface area (Å²) in [5, 5.41) is 0. The maximum absolute atomic E-state index is 11.2. The molecule has 3 heteroatoms. The molecular formula is C13H19NO2. The van der Waals surface area contributed by atoms with Crippen LogP contribution in [0.1, 0.15) is 43.6 Å². The van der Waals surface area contributed by atoms with E-state index < -0.39 is 0 Å². The Hall–Kier alpha value is -1.35. The molecule has 0 unspecified atom stereocenters. The van der Waals surface area contributed by atoms with Gasteiger partial charge < -0.3 is 10.5 Å². The number of carbonyl (C=O) groups is 1. The number of anilines is 1. The third-order valence-corrected chi connectivity index (χ3v) is 2.17. The van der Waals surface area contributed by atoms with E-state index in [4.69, 9.17) is 10.5 Å². The summed E-state index contributed by atoms with van der Waals surface area (Å²) in [6, 6.07) is 5.42. The molecule has 1 rings (SSSR count). The summed E-state index contributed by atoms with van der Waals surface area (Å²) in [6.07, 6.45) is 0. The van der Waals surface area contributed by atoms with Crippen LogP contribution in [0.25, 0.3) is 0 Å². The van der Waals surface area contributed by atoms with Gasteiger partial charge in [-0.3, -0.25) is 4.79 Å². The van der Waals surface area contributed by atoms with E-state index in [0.717, 1.165) is 5.56 Å². The van der Waals surface area contributed by atoms with Gasteiger partial charge in [-0.2, -0.15) is 0 Å². The van der Waals surface area contributed by atoms with Gasteiger partial charge >= 0.3 is 0 Å². The van der Waals surface area contributed by atoms with E-state index in [2.05, 4.69) is 0 Å². The molecule has 88 valence electrons. The number of ether oxygens (including phenoxy) is 1. The summed E-state index contributed by atoms with van der Waals surface area (Å²) >= 11 is 0. The third kappa shape index (κ3) is 3.66. The van der Waals surface area contributed by atoms with Gasteiger partial charge in [-0.1, -0.05) is 6.07 Å². The first-order valence-electron chi connectivity index (χ1n) is 5.33. The SMILES string of the molecule is CC(=O)c1ccc(COC(C)(C)C)cc1N. The van der Waals surface area contributed by atoms with Crippen molar-refractivity contribution in [2.24, 2.45) is 0 Å². The Bertz CT molecular complexity index is 391. The van der Waals surface area contributed by atoms with Crippen molar-refractivity contribution in [2.75, 3.05) is 5.73 Å². The number of carbonyl (C=O) groups excluding carboxylic acids is 1. The molecule has 3 nitrogen and oxygen atoms in total. The molecule has 0 aliphatic carbocycles. The van der Waals surface area contributed by atoms with Crippen molar-refractivity contribution in [1.82, 2.24) is 0 Å². The number of ketones is 1. The highest BCUT2D eigenvalue weighted by Gasteiger charge is 2.11. The summed E-state index contributed by atoms with van der Waals surface area (Å²) < 4.78 is 5.63. The number of nitrogens with two attached hydrogens (primary N) is 1. The van der Waals surface area contributed by atoms with Crippen molar-refractivity contribution in [3.63, 3.8) is 0 Å². The first kappa shape index (κ1) is 12.7. The molecule has 0 aromatic heterocycles. The molecule has 2 N–H and O–H groups in total. The monoisotopic (exact) mass is 221 g/mol. The summed E-state index contributed by atoms with van der Waals surface area (Å²) in [5.41, 5.74) is 7.68. The van der Waals surface area contributed by atoms with Crippen LogP contribution in [0.3, 0.4) is 0 Å². The van der Waals surface area contributed by atoms with E-state index in [0.29, 0.717) is 17.9 Å². The summed E-state index contributed by atoms with van der Waals surface area (Å²) in [5.74, 6) is -0.0132. The normalized spacial score (nSPS) is 11.5. The van der Waals surface area contributed by atoms with Crippen LogP contribution < -0.4 is 5.73 Å². The minimum Gasteiger partial charge on any atom is -0.398 e. The van der Waals surface area contributed by atoms with Crippen LogP contribution in [0.5, 0.6) is 0 Å². The van der Waals surface area contributed by atoms with Gasteiger partial charge in [-0.15, -0.1) is 0 Å². The zero-order valence-electron chi connectivity index (χ0n) is 10.3. The van der Waals surface area contributed by atoms with Crippen molar-refractivity contribution in [3.8, 4) is 0 Å². The predicted molar refractivity (Wildman–Crippen MR) is 65.4 cm³/mol. The zero-order chi connectivity index (χ0) is 12.3. The predicted octanol–water partition coefficient (Wildman–Crippen LogP) is 2.79. The van der Waals surface area contributed by atoms with Crippen LogP contribution in [-0.2, 0) is 11.3 Å². The molecular weight excluding hydrogens is 202 g/mol. The number of nitrogen functional groups attached to an aromatic ring is 1. The van der Waals surface area contributed by atoms with Crippen molar-refractivity contribution < 1.29 is 9.53 Å². The molecule has 1 aromatic carbocycles. The molecule has 0 amide bonds. The lowest BCUT2D eigenvalue weighted by Crippen LogP contribution is -2.18. The maximum Gasteiger partial charge on any atom is 0.161 e. The largest absolute Gasteiger partial charge is 0.398 e. The van der Waals surface area contributed by atoms with Gasteiger partial charge in [0.25, 0.3) is 0 Å². The molecule has 0 fully saturated rings. The van der Waals surface area contributed by atoms with Crippen molar-refractivity contribution in [2.45, 2.75) is 39.9 Å². The molecule has 0 saturated carbocycles. The number of hydrogen-bond donors (Lipinski definition) is 1. The molecule has 1 aromatic rings. The van der Waals surface area contributed by atoms with Crippen LogP contribution >= 0.6 is 0 Å². The molecule has 0 aliphatic heterocycles. The molecule has 0 saturated heterocycles. The topological polar surface area (TPSA) is 52.3 Å². The van der Waals surface area contributed by atoms with Crippen LogP contribution in [0.4, 0.5) is 5.69 Å². The number of hydrogen-bond acceptors (Lipinski definition) is 3. The molecule has 0 spiro atoms. The highest BCUT2D eigenvalue weighted by atomic mass is 16.5.